The second-order valence-electron chi connectivity index (χ2n) is 7.44. The standard InChI is InChI=1S/C21H22F3N3O2/c1-13-10-16(21(22,23)24)18-19(26-29-20(18)25-13)15-7-5-9-27(12-15)11-14-6-3-4-8-17(14)28-2/h3-4,6,8,10,15H,5,7,9,11-12H2,1-2H3/t15-/m0/s1. The Hall–Kier alpha value is -2.61. The molecule has 0 amide bonds. The SMILES string of the molecule is COc1ccccc1CN1CCC[C@H](c2noc3nc(C)cc(C(F)(F)F)c23)C1. The fourth-order valence-electron chi connectivity index (χ4n) is 4.10. The number of hydrogen-bond donors (Lipinski definition) is 0. The van der Waals surface area contributed by atoms with Crippen LogP contribution in [0.25, 0.3) is 11.1 Å². The number of piperidine rings is 1. The summed E-state index contributed by atoms with van der Waals surface area (Å²) in [6.45, 7) is 3.66. The van der Waals surface area contributed by atoms with Gasteiger partial charge in [-0.05, 0) is 38.4 Å². The Balaban J connectivity index is 1.64. The van der Waals surface area contributed by atoms with E-state index in [2.05, 4.69) is 15.0 Å². The van der Waals surface area contributed by atoms with Crippen LogP contribution in [0.1, 0.15) is 41.3 Å². The molecule has 5 nitrogen and oxygen atoms in total. The number of fused-ring (bicyclic) bond motifs is 1. The summed E-state index contributed by atoms with van der Waals surface area (Å²) in [5.74, 6) is 0.658. The fourth-order valence-corrected chi connectivity index (χ4v) is 4.10. The number of aromatic nitrogens is 2. The Morgan fingerprint density at radius 3 is 2.83 bits per heavy atom. The minimum absolute atomic E-state index is 0.00718. The maximum atomic E-state index is 13.6. The monoisotopic (exact) mass is 405 g/mol. The molecule has 4 rings (SSSR count). The van der Waals surface area contributed by atoms with E-state index in [1.165, 1.54) is 6.92 Å². The van der Waals surface area contributed by atoms with Crippen molar-refractivity contribution in [2.45, 2.75) is 38.4 Å². The van der Waals surface area contributed by atoms with Gasteiger partial charge in [-0.2, -0.15) is 13.2 Å². The third kappa shape index (κ3) is 3.94. The Bertz CT molecular complexity index is 1020. The lowest BCUT2D eigenvalue weighted by Gasteiger charge is -2.32. The summed E-state index contributed by atoms with van der Waals surface area (Å²) >= 11 is 0. The zero-order chi connectivity index (χ0) is 20.6. The van der Waals surface area contributed by atoms with Crippen molar-refractivity contribution in [1.29, 1.82) is 0 Å². The molecule has 154 valence electrons. The van der Waals surface area contributed by atoms with Crippen LogP contribution < -0.4 is 4.74 Å². The van der Waals surface area contributed by atoms with Gasteiger partial charge < -0.3 is 9.26 Å². The second-order valence-corrected chi connectivity index (χ2v) is 7.44. The number of rotatable bonds is 4. The third-order valence-corrected chi connectivity index (χ3v) is 5.39. The van der Waals surface area contributed by atoms with E-state index in [0.29, 0.717) is 18.8 Å². The summed E-state index contributed by atoms with van der Waals surface area (Å²) in [7, 11) is 1.63. The molecule has 1 aromatic carbocycles. The number of methoxy groups -OCH3 is 1. The van der Waals surface area contributed by atoms with E-state index in [1.54, 1.807) is 7.11 Å². The molecule has 0 bridgehead atoms. The lowest BCUT2D eigenvalue weighted by molar-refractivity contribution is -0.136. The molecule has 8 heteroatoms. The smallest absolute Gasteiger partial charge is 0.417 e. The predicted octanol–water partition coefficient (Wildman–Crippen LogP) is 4.94. The quantitative estimate of drug-likeness (QED) is 0.616. The van der Waals surface area contributed by atoms with E-state index in [1.807, 2.05) is 24.3 Å². The molecular formula is C21H22F3N3O2. The van der Waals surface area contributed by atoms with Gasteiger partial charge in [0.2, 0.25) is 0 Å². The molecule has 0 aliphatic carbocycles. The van der Waals surface area contributed by atoms with Gasteiger partial charge in [0.25, 0.3) is 5.71 Å². The van der Waals surface area contributed by atoms with Crippen molar-refractivity contribution >= 4 is 11.1 Å². The highest BCUT2D eigenvalue weighted by atomic mass is 19.4. The van der Waals surface area contributed by atoms with Gasteiger partial charge in [0.1, 0.15) is 5.75 Å². The number of aryl methyl sites for hydroxylation is 1. The molecule has 1 saturated heterocycles. The van der Waals surface area contributed by atoms with Gasteiger partial charge in [0, 0.05) is 30.3 Å². The van der Waals surface area contributed by atoms with Crippen molar-refractivity contribution in [2.75, 3.05) is 20.2 Å². The zero-order valence-corrected chi connectivity index (χ0v) is 16.3. The molecule has 29 heavy (non-hydrogen) atoms. The molecule has 1 fully saturated rings. The molecule has 0 radical (unpaired) electrons. The van der Waals surface area contributed by atoms with Gasteiger partial charge in [0.15, 0.2) is 0 Å². The average Bonchev–Trinajstić information content (AvgIpc) is 3.11. The molecule has 0 N–H and O–H groups in total. The van der Waals surface area contributed by atoms with Crippen molar-refractivity contribution in [1.82, 2.24) is 15.0 Å². The van der Waals surface area contributed by atoms with E-state index >= 15 is 0 Å². The largest absolute Gasteiger partial charge is 0.496 e. The lowest BCUT2D eigenvalue weighted by Crippen LogP contribution is -2.34. The summed E-state index contributed by atoms with van der Waals surface area (Å²) in [5.41, 5.74) is 0.889. The van der Waals surface area contributed by atoms with Crippen LogP contribution in [-0.4, -0.2) is 35.2 Å². The Labute approximate surface area is 166 Å². The Kier molecular flexibility index (Phi) is 5.21. The molecule has 2 aromatic heterocycles. The number of benzene rings is 1. The Morgan fingerprint density at radius 1 is 1.28 bits per heavy atom. The molecule has 0 spiro atoms. The van der Waals surface area contributed by atoms with Crippen LogP contribution in [0.15, 0.2) is 34.9 Å². The van der Waals surface area contributed by atoms with Crippen molar-refractivity contribution in [2.24, 2.45) is 0 Å². The molecule has 3 heterocycles. The molecule has 1 aliphatic rings. The molecule has 1 aliphatic heterocycles. The fraction of sp³-hybridized carbons (Fsp3) is 0.429. The highest BCUT2D eigenvalue weighted by molar-refractivity contribution is 5.81. The normalized spacial score (nSPS) is 18.3. The molecule has 3 aromatic rings. The van der Waals surface area contributed by atoms with Gasteiger partial charge in [-0.1, -0.05) is 23.4 Å². The van der Waals surface area contributed by atoms with Gasteiger partial charge >= 0.3 is 6.18 Å². The topological polar surface area (TPSA) is 51.4 Å². The van der Waals surface area contributed by atoms with Gasteiger partial charge in [-0.15, -0.1) is 0 Å². The lowest BCUT2D eigenvalue weighted by atomic mass is 9.91. The summed E-state index contributed by atoms with van der Waals surface area (Å²) in [5, 5.41) is 4.01. The average molecular weight is 405 g/mol. The maximum Gasteiger partial charge on any atom is 0.417 e. The van der Waals surface area contributed by atoms with Gasteiger partial charge in [-0.3, -0.25) is 4.90 Å². The van der Waals surface area contributed by atoms with Crippen molar-refractivity contribution in [3.8, 4) is 5.75 Å². The van der Waals surface area contributed by atoms with E-state index in [9.17, 15) is 13.2 Å². The zero-order valence-electron chi connectivity index (χ0n) is 16.3. The Morgan fingerprint density at radius 2 is 2.07 bits per heavy atom. The van der Waals surface area contributed by atoms with Crippen molar-refractivity contribution in [3.63, 3.8) is 0 Å². The summed E-state index contributed by atoms with van der Waals surface area (Å²) in [6, 6.07) is 8.84. The van der Waals surface area contributed by atoms with E-state index in [4.69, 9.17) is 9.26 Å². The van der Waals surface area contributed by atoms with Crippen LogP contribution in [0.3, 0.4) is 0 Å². The van der Waals surface area contributed by atoms with Crippen LogP contribution in [0, 0.1) is 6.92 Å². The first-order chi connectivity index (χ1) is 13.9. The number of halogens is 3. The van der Waals surface area contributed by atoms with Crippen LogP contribution >= 0.6 is 0 Å². The molecular weight excluding hydrogens is 383 g/mol. The minimum atomic E-state index is -4.49. The van der Waals surface area contributed by atoms with Crippen LogP contribution in [0.2, 0.25) is 0 Å². The molecule has 0 saturated carbocycles. The second kappa shape index (κ2) is 7.67. The number of hydrogen-bond acceptors (Lipinski definition) is 5. The number of alkyl halides is 3. The van der Waals surface area contributed by atoms with Crippen LogP contribution in [0.4, 0.5) is 13.2 Å². The third-order valence-electron chi connectivity index (χ3n) is 5.39. The molecule has 0 unspecified atom stereocenters. The first-order valence-corrected chi connectivity index (χ1v) is 9.55. The molecule has 1 atom stereocenters. The number of para-hydroxylation sites is 1. The van der Waals surface area contributed by atoms with Crippen molar-refractivity contribution in [3.05, 3.63) is 52.8 Å². The van der Waals surface area contributed by atoms with Crippen LogP contribution in [0.5, 0.6) is 5.75 Å². The van der Waals surface area contributed by atoms with Gasteiger partial charge in [0.05, 0.1) is 23.8 Å². The van der Waals surface area contributed by atoms with E-state index < -0.39 is 11.7 Å². The maximum absolute atomic E-state index is 13.6. The van der Waals surface area contributed by atoms with Gasteiger partial charge in [-0.25, -0.2) is 4.98 Å². The summed E-state index contributed by atoms with van der Waals surface area (Å²) in [4.78, 5) is 6.34. The number of pyridine rings is 1. The highest BCUT2D eigenvalue weighted by Gasteiger charge is 2.37. The number of ether oxygens (including phenoxy) is 1. The first-order valence-electron chi connectivity index (χ1n) is 9.55. The highest BCUT2D eigenvalue weighted by Crippen LogP contribution is 2.40. The van der Waals surface area contributed by atoms with E-state index in [-0.39, 0.29) is 22.7 Å². The van der Waals surface area contributed by atoms with Crippen molar-refractivity contribution < 1.29 is 22.4 Å². The summed E-state index contributed by atoms with van der Waals surface area (Å²) in [6.07, 6.45) is -2.86. The van der Waals surface area contributed by atoms with E-state index in [0.717, 1.165) is 36.8 Å². The van der Waals surface area contributed by atoms with Crippen LogP contribution in [-0.2, 0) is 12.7 Å². The first kappa shape index (κ1) is 19.7. The summed E-state index contributed by atoms with van der Waals surface area (Å²) < 4.78 is 51.6. The minimum Gasteiger partial charge on any atom is -0.496 e. The predicted molar refractivity (Wildman–Crippen MR) is 102 cm³/mol. The number of nitrogens with zero attached hydrogens (tertiary/aromatic N) is 3. The number of likely N-dealkylation sites (tertiary alicyclic amines) is 1.